The maximum atomic E-state index is 2.53. The topological polar surface area (TPSA) is 32.4 Å². The maximum absolute atomic E-state index is 2.53. The van der Waals surface area contributed by atoms with Crippen molar-refractivity contribution in [3.05, 3.63) is 144 Å². The molecule has 0 saturated heterocycles. The first-order valence-corrected chi connectivity index (χ1v) is 29.6. The molecule has 3 aliphatic heterocycles. The number of fused-ring (bicyclic) bond motifs is 11. The van der Waals surface area contributed by atoms with Gasteiger partial charge in [0.1, 0.15) is 24.1 Å². The van der Waals surface area contributed by atoms with Gasteiger partial charge in [0.15, 0.2) is 16.7 Å². The van der Waals surface area contributed by atoms with Gasteiger partial charge in [0.25, 0.3) is 17.3 Å². The molecule has 4 aromatic heterocycles. The van der Waals surface area contributed by atoms with Gasteiger partial charge in [-0.15, -0.1) is 0 Å². The molecule has 0 bridgehead atoms. The Bertz CT molecular complexity index is 3350. The van der Waals surface area contributed by atoms with Crippen LogP contribution in [-0.4, -0.2) is 41.6 Å². The van der Waals surface area contributed by atoms with Gasteiger partial charge in [0.2, 0.25) is 0 Å². The predicted octanol–water partition coefficient (Wildman–Crippen LogP) is 16.7. The van der Waals surface area contributed by atoms with E-state index in [1.165, 1.54) is 100 Å². The number of para-hydroxylation sites is 3. The van der Waals surface area contributed by atoms with E-state index in [-0.39, 0.29) is 10.8 Å². The molecule has 0 aliphatic carbocycles. The third-order valence-corrected chi connectivity index (χ3v) is 15.7. The van der Waals surface area contributed by atoms with Gasteiger partial charge in [-0.1, -0.05) is 197 Å². The Morgan fingerprint density at radius 3 is 1.56 bits per heavy atom. The van der Waals surface area contributed by atoms with E-state index in [2.05, 4.69) is 250 Å². The van der Waals surface area contributed by atoms with Crippen LogP contribution in [0.25, 0.3) is 61.1 Å². The number of anilines is 2. The van der Waals surface area contributed by atoms with Crippen LogP contribution in [0.1, 0.15) is 153 Å². The van der Waals surface area contributed by atoms with Crippen molar-refractivity contribution >= 4 is 63.7 Å². The van der Waals surface area contributed by atoms with Crippen LogP contribution in [0.2, 0.25) is 13.6 Å². The van der Waals surface area contributed by atoms with Crippen LogP contribution in [0.15, 0.2) is 116 Å². The zero-order valence-electron chi connectivity index (χ0n) is 53.7. The van der Waals surface area contributed by atoms with E-state index in [0.717, 1.165) is 0 Å². The van der Waals surface area contributed by atoms with Crippen molar-refractivity contribution in [1.29, 1.82) is 0 Å². The number of hydrogen-bond acceptors (Lipinski definition) is 2. The van der Waals surface area contributed by atoms with E-state index in [1.807, 2.05) is 96.9 Å². The third-order valence-electron chi connectivity index (χ3n) is 15.7. The lowest BCUT2D eigenvalue weighted by atomic mass is 9.61. The molecule has 0 fully saturated rings. The second-order valence-electron chi connectivity index (χ2n) is 19.5. The van der Waals surface area contributed by atoms with Crippen molar-refractivity contribution in [2.75, 3.05) is 23.7 Å². The Morgan fingerprint density at radius 1 is 0.506 bits per heavy atom. The first-order valence-electron chi connectivity index (χ1n) is 29.6. The average Bonchev–Trinajstić information content (AvgIpc) is 4.17. The summed E-state index contributed by atoms with van der Waals surface area (Å²) >= 11 is 0. The maximum Gasteiger partial charge on any atom is 0.498 e. The second-order valence-corrected chi connectivity index (χ2v) is 19.5. The molecule has 0 atom stereocenters. The quantitative estimate of drug-likeness (QED) is 0.0861. The molecular weight excluding hydrogens is 938 g/mol. The van der Waals surface area contributed by atoms with E-state index in [0.29, 0.717) is 14.0 Å². The Labute approximate surface area is 469 Å². The lowest BCUT2D eigenvalue weighted by Gasteiger charge is -2.42. The highest BCUT2D eigenvalue weighted by Crippen LogP contribution is 2.51. The van der Waals surface area contributed by atoms with Crippen LogP contribution in [0, 0.1) is 20.8 Å². The monoisotopic (exact) mass is 1040 g/mol. The average molecular weight is 1040 g/mol. The van der Waals surface area contributed by atoms with Crippen molar-refractivity contribution in [2.24, 2.45) is 21.1 Å². The van der Waals surface area contributed by atoms with E-state index in [1.54, 1.807) is 0 Å². The van der Waals surface area contributed by atoms with Crippen LogP contribution in [-0.2, 0) is 32.0 Å². The minimum atomic E-state index is 0.0504. The number of aromatic nitrogens is 6. The van der Waals surface area contributed by atoms with Crippen LogP contribution < -0.4 is 23.1 Å². The van der Waals surface area contributed by atoms with Gasteiger partial charge in [0, 0.05) is 38.5 Å². The summed E-state index contributed by atoms with van der Waals surface area (Å²) in [5.74, 6) is 2.60. The number of imidazole rings is 3. The van der Waals surface area contributed by atoms with E-state index in [9.17, 15) is 0 Å². The molecule has 9 aromatic rings. The number of pyridine rings is 1. The summed E-state index contributed by atoms with van der Waals surface area (Å²) < 4.78 is 14.2. The summed E-state index contributed by atoms with van der Waals surface area (Å²) in [6.07, 6.45) is 6.63. The molecule has 0 unspecified atom stereocenters. The highest BCUT2D eigenvalue weighted by atomic mass is 15.2. The van der Waals surface area contributed by atoms with E-state index >= 15 is 0 Å². The first-order chi connectivity index (χ1) is 37.0. The van der Waals surface area contributed by atoms with E-state index in [4.69, 9.17) is 0 Å². The zero-order valence-corrected chi connectivity index (χ0v) is 53.7. The molecule has 10 heteroatoms. The van der Waals surface area contributed by atoms with Gasteiger partial charge in [-0.05, 0) is 89.5 Å². The van der Waals surface area contributed by atoms with Gasteiger partial charge in [-0.3, -0.25) is 8.96 Å². The number of rotatable bonds is 0. The molecule has 0 N–H and O–H groups in total. The van der Waals surface area contributed by atoms with Crippen molar-refractivity contribution in [2.45, 2.75) is 170 Å². The van der Waals surface area contributed by atoms with Crippen LogP contribution in [0.5, 0.6) is 0 Å². The third kappa shape index (κ3) is 11.0. The fraction of sp³-hybridized carbons (Fsp3) is 0.448. The molecule has 0 saturated carbocycles. The Morgan fingerprint density at radius 2 is 0.987 bits per heavy atom. The molecule has 8 nitrogen and oxygen atoms in total. The van der Waals surface area contributed by atoms with Crippen LogP contribution in [0.4, 0.5) is 11.4 Å². The fourth-order valence-corrected chi connectivity index (χ4v) is 11.2. The summed E-state index contributed by atoms with van der Waals surface area (Å²) in [5.41, 5.74) is 17.6. The van der Waals surface area contributed by atoms with Gasteiger partial charge in [-0.25, -0.2) is 13.7 Å². The molecule has 12 rings (SSSR count). The molecule has 0 spiro atoms. The summed E-state index contributed by atoms with van der Waals surface area (Å²) in [7, 11) is 10.8. The smallest absolute Gasteiger partial charge is 0.377 e. The Kier molecular flexibility index (Phi) is 23.5. The van der Waals surface area contributed by atoms with Gasteiger partial charge < -0.3 is 9.62 Å². The van der Waals surface area contributed by atoms with Crippen LogP contribution >= 0.6 is 0 Å². The summed E-state index contributed by atoms with van der Waals surface area (Å²) in [4.78, 5) is 4.69. The molecular formula is C67H103B2N8+3. The standard InChI is InChI=1S/C23H25N2.C17H19BN3.C13H17BN3.7C2H6/c1-14-9-7-10-15-16-11-8-12-17-20(16)25-18(23(4,5)22(17,2)3)13-24(6)21(25)19(14)15;1-12-8-7-11-15-16(12)17-19(3)13-9-5-6-10-14(13)21(17)18(2)20(15)4;1-10-6-5-7-11-12(10)13-15(3)8-9-17(13)14(2)16(11)4;7*1-2/h7-13H,1-6H3;5-11H,1-4H3;5-9H,1-4H3;7*1-2H3/q3*+1;;;;;;;. The van der Waals surface area contributed by atoms with Gasteiger partial charge in [0.05, 0.1) is 37.7 Å². The normalized spacial score (nSPS) is 13.0. The Balaban J connectivity index is 0.000000276. The van der Waals surface area contributed by atoms with Crippen LogP contribution in [0.3, 0.4) is 0 Å². The lowest BCUT2D eigenvalue weighted by Crippen LogP contribution is -2.62. The number of hydrogen-bond donors (Lipinski definition) is 0. The number of nitrogens with zero attached hydrogens (tertiary/aromatic N) is 8. The van der Waals surface area contributed by atoms with Crippen molar-refractivity contribution in [3.8, 4) is 22.8 Å². The summed E-state index contributed by atoms with van der Waals surface area (Å²) in [6, 6.07) is 35.3. The SMILES string of the molecule is CB1N(C)c2cccc(C)c2-c2n(C)c3ccccc3[n+]21.CB1N(C)c2cccc(C)c2-c2n(C)cc[n+]21.CC.CC.CC.CC.CC.CC.CC.Cc1cccc2c3cccc4c3n3c(c[n+](C)c3c12)C(C)(C)C4(C)C. The van der Waals surface area contributed by atoms with E-state index < -0.39 is 0 Å². The molecule has 7 heterocycles. The minimum absolute atomic E-state index is 0.0504. The number of aryl methyl sites for hydroxylation is 6. The highest BCUT2D eigenvalue weighted by Gasteiger charge is 2.50. The summed E-state index contributed by atoms with van der Waals surface area (Å²) in [5, 5.41) is 4.10. The molecule has 3 aliphatic rings. The van der Waals surface area contributed by atoms with Gasteiger partial charge in [-0.2, -0.15) is 4.40 Å². The minimum Gasteiger partial charge on any atom is -0.377 e. The van der Waals surface area contributed by atoms with Gasteiger partial charge >= 0.3 is 14.0 Å². The van der Waals surface area contributed by atoms with Crippen molar-refractivity contribution in [1.82, 2.24) is 13.5 Å². The molecule has 414 valence electrons. The summed E-state index contributed by atoms with van der Waals surface area (Å²) in [6.45, 7) is 49.3. The number of benzene rings is 5. The van der Waals surface area contributed by atoms with Crippen molar-refractivity contribution < 1.29 is 13.5 Å². The molecule has 0 amide bonds. The largest absolute Gasteiger partial charge is 0.498 e. The fourth-order valence-electron chi connectivity index (χ4n) is 11.2. The van der Waals surface area contributed by atoms with Crippen molar-refractivity contribution in [3.63, 3.8) is 0 Å². The molecule has 5 aromatic carbocycles. The molecule has 0 radical (unpaired) electrons. The highest BCUT2D eigenvalue weighted by molar-refractivity contribution is 6.55. The second kappa shape index (κ2) is 27.9. The molecule has 77 heavy (non-hydrogen) atoms. The predicted molar refractivity (Wildman–Crippen MR) is 344 cm³/mol. The lowest BCUT2D eigenvalue weighted by molar-refractivity contribution is -0.643. The Hall–Kier alpha value is -6.28. The first kappa shape index (κ1) is 65.0. The zero-order chi connectivity index (χ0) is 58.6.